The van der Waals surface area contributed by atoms with Gasteiger partial charge < -0.3 is 5.73 Å². The van der Waals surface area contributed by atoms with Crippen LogP contribution in [0.1, 0.15) is 22.4 Å². The summed E-state index contributed by atoms with van der Waals surface area (Å²) in [5.74, 6) is -0.990. The molecule has 2 aromatic heterocycles. The van der Waals surface area contributed by atoms with E-state index in [0.717, 1.165) is 17.7 Å². The van der Waals surface area contributed by atoms with Gasteiger partial charge in [0.2, 0.25) is 5.95 Å². The number of halogens is 5. The first-order valence-electron chi connectivity index (χ1n) is 11.0. The highest BCUT2D eigenvalue weighted by Gasteiger charge is 2.43. The molecule has 0 amide bonds. The van der Waals surface area contributed by atoms with Crippen molar-refractivity contribution in [2.24, 2.45) is 0 Å². The molecule has 0 spiro atoms. The van der Waals surface area contributed by atoms with Gasteiger partial charge in [-0.2, -0.15) is 13.2 Å². The van der Waals surface area contributed by atoms with Crippen LogP contribution >= 0.6 is 11.6 Å². The van der Waals surface area contributed by atoms with Gasteiger partial charge in [-0.1, -0.05) is 54.1 Å². The number of hydrogen-bond acceptors (Lipinski definition) is 3. The molecule has 0 fully saturated rings. The molecule has 2 heterocycles. The Morgan fingerprint density at radius 2 is 1.56 bits per heavy atom. The van der Waals surface area contributed by atoms with Crippen LogP contribution in [-0.4, -0.2) is 14.5 Å². The number of benzene rings is 3. The standard InChI is InChI=1S/C27H19ClF4N4/c28-20-10-11-24(34-16-20)26(15-17-6-2-1-3-7-17,18-12-19(27(30,31)32)14-21(29)13-18)36-23-9-5-4-8-22(23)35-25(36)33/h1-14,16H,15H2,(H2,33,35). The number of alkyl halides is 3. The minimum Gasteiger partial charge on any atom is -0.369 e. The second-order valence-corrected chi connectivity index (χ2v) is 8.84. The Morgan fingerprint density at radius 3 is 2.25 bits per heavy atom. The molecule has 0 aliphatic carbocycles. The van der Waals surface area contributed by atoms with Crippen molar-refractivity contribution < 1.29 is 17.6 Å². The largest absolute Gasteiger partial charge is 0.416 e. The zero-order chi connectivity index (χ0) is 25.5. The van der Waals surface area contributed by atoms with Crippen LogP contribution in [0.5, 0.6) is 0 Å². The molecule has 0 bridgehead atoms. The number of pyridine rings is 1. The Kier molecular flexibility index (Phi) is 5.92. The minimum absolute atomic E-state index is 0.0170. The highest BCUT2D eigenvalue weighted by atomic mass is 35.5. The molecule has 4 nitrogen and oxygen atoms in total. The van der Waals surface area contributed by atoms with Crippen molar-refractivity contribution >= 4 is 28.6 Å². The highest BCUT2D eigenvalue weighted by Crippen LogP contribution is 2.43. The monoisotopic (exact) mass is 510 g/mol. The van der Waals surface area contributed by atoms with E-state index in [0.29, 0.717) is 27.8 Å². The first-order valence-corrected chi connectivity index (χ1v) is 11.3. The molecule has 2 N–H and O–H groups in total. The zero-order valence-electron chi connectivity index (χ0n) is 18.7. The molecule has 1 unspecified atom stereocenters. The number of anilines is 1. The van der Waals surface area contributed by atoms with Crippen molar-refractivity contribution in [3.8, 4) is 0 Å². The van der Waals surface area contributed by atoms with E-state index < -0.39 is 23.1 Å². The van der Waals surface area contributed by atoms with Crippen molar-refractivity contribution in [3.05, 3.63) is 124 Å². The second kappa shape index (κ2) is 8.95. The van der Waals surface area contributed by atoms with Gasteiger partial charge in [-0.05, 0) is 53.6 Å². The van der Waals surface area contributed by atoms with Crippen LogP contribution in [0.4, 0.5) is 23.5 Å². The quantitative estimate of drug-likeness (QED) is 0.263. The summed E-state index contributed by atoms with van der Waals surface area (Å²) in [5, 5.41) is 0.339. The van der Waals surface area contributed by atoms with E-state index >= 15 is 0 Å². The van der Waals surface area contributed by atoms with Gasteiger partial charge in [0.1, 0.15) is 11.4 Å². The maximum Gasteiger partial charge on any atom is 0.416 e. The van der Waals surface area contributed by atoms with Crippen LogP contribution in [0, 0.1) is 5.82 Å². The third-order valence-electron chi connectivity index (χ3n) is 6.13. The predicted molar refractivity (Wildman–Crippen MR) is 131 cm³/mol. The van der Waals surface area contributed by atoms with Gasteiger partial charge in [0, 0.05) is 12.6 Å². The van der Waals surface area contributed by atoms with Crippen LogP contribution in [-0.2, 0) is 18.1 Å². The van der Waals surface area contributed by atoms with E-state index in [4.69, 9.17) is 17.3 Å². The molecule has 3 aromatic carbocycles. The van der Waals surface area contributed by atoms with Crippen LogP contribution in [0.3, 0.4) is 0 Å². The topological polar surface area (TPSA) is 56.7 Å². The number of rotatable bonds is 5. The molecule has 0 saturated heterocycles. The number of nitrogens with zero attached hydrogens (tertiary/aromatic N) is 3. The van der Waals surface area contributed by atoms with Crippen molar-refractivity contribution in [1.82, 2.24) is 14.5 Å². The molecule has 1 atom stereocenters. The number of imidazole rings is 1. The number of hydrogen-bond donors (Lipinski definition) is 1. The summed E-state index contributed by atoms with van der Waals surface area (Å²) in [4.78, 5) is 8.96. The van der Waals surface area contributed by atoms with Gasteiger partial charge in [0.25, 0.3) is 0 Å². The first kappa shape index (κ1) is 23.8. The van der Waals surface area contributed by atoms with E-state index in [1.165, 1.54) is 6.20 Å². The van der Waals surface area contributed by atoms with Crippen LogP contribution in [0.2, 0.25) is 5.02 Å². The van der Waals surface area contributed by atoms with Crippen molar-refractivity contribution in [2.75, 3.05) is 5.73 Å². The van der Waals surface area contributed by atoms with E-state index in [1.54, 1.807) is 41.0 Å². The molecule has 9 heteroatoms. The molecule has 36 heavy (non-hydrogen) atoms. The van der Waals surface area contributed by atoms with E-state index in [2.05, 4.69) is 9.97 Å². The zero-order valence-corrected chi connectivity index (χ0v) is 19.4. The van der Waals surface area contributed by atoms with Crippen LogP contribution in [0.25, 0.3) is 11.0 Å². The smallest absolute Gasteiger partial charge is 0.369 e. The lowest BCUT2D eigenvalue weighted by Gasteiger charge is -2.37. The van der Waals surface area contributed by atoms with Gasteiger partial charge in [-0.25, -0.2) is 9.37 Å². The summed E-state index contributed by atoms with van der Waals surface area (Å²) in [7, 11) is 0. The lowest BCUT2D eigenvalue weighted by molar-refractivity contribution is -0.137. The first-order chi connectivity index (χ1) is 17.2. The lowest BCUT2D eigenvalue weighted by Crippen LogP contribution is -2.40. The van der Waals surface area contributed by atoms with Gasteiger partial charge in [-0.15, -0.1) is 0 Å². The predicted octanol–water partition coefficient (Wildman–Crippen LogP) is 6.86. The molecule has 5 aromatic rings. The number of para-hydroxylation sites is 2. The normalized spacial score (nSPS) is 13.6. The summed E-state index contributed by atoms with van der Waals surface area (Å²) in [6.07, 6.45) is -3.27. The summed E-state index contributed by atoms with van der Waals surface area (Å²) < 4.78 is 58.0. The third kappa shape index (κ3) is 4.18. The van der Waals surface area contributed by atoms with Crippen molar-refractivity contribution in [2.45, 2.75) is 18.1 Å². The Hall–Kier alpha value is -3.91. The SMILES string of the molecule is Nc1nc2ccccc2n1C(Cc1ccccc1)(c1cc(F)cc(C(F)(F)F)c1)c1ccc(Cl)cn1. The van der Waals surface area contributed by atoms with Gasteiger partial charge >= 0.3 is 6.18 Å². The Labute approximate surface area is 209 Å². The minimum atomic E-state index is -4.77. The average molecular weight is 511 g/mol. The fourth-order valence-corrected chi connectivity index (χ4v) is 4.72. The van der Waals surface area contributed by atoms with Gasteiger partial charge in [0.15, 0.2) is 0 Å². The molecular formula is C27H19ClF4N4. The fourth-order valence-electron chi connectivity index (χ4n) is 4.61. The number of nitrogens with two attached hydrogens (primary N) is 1. The lowest BCUT2D eigenvalue weighted by atomic mass is 9.79. The summed E-state index contributed by atoms with van der Waals surface area (Å²) in [5.41, 5.74) is 6.02. The van der Waals surface area contributed by atoms with Gasteiger partial charge in [-0.3, -0.25) is 9.55 Å². The number of fused-ring (bicyclic) bond motifs is 1. The number of aromatic nitrogens is 3. The van der Waals surface area contributed by atoms with E-state index in [1.807, 2.05) is 30.3 Å². The van der Waals surface area contributed by atoms with Crippen LogP contribution < -0.4 is 5.73 Å². The average Bonchev–Trinajstić information content (AvgIpc) is 3.19. The molecular weight excluding hydrogens is 492 g/mol. The Bertz CT molecular complexity index is 1530. The molecule has 5 rings (SSSR count). The van der Waals surface area contributed by atoms with E-state index in [9.17, 15) is 17.6 Å². The summed E-state index contributed by atoms with van der Waals surface area (Å²) in [6, 6.07) is 21.9. The third-order valence-corrected chi connectivity index (χ3v) is 6.35. The molecule has 182 valence electrons. The van der Waals surface area contributed by atoms with Crippen LogP contribution in [0.15, 0.2) is 91.1 Å². The maximum atomic E-state index is 14.9. The molecule has 0 radical (unpaired) electrons. The maximum absolute atomic E-state index is 14.9. The summed E-state index contributed by atoms with van der Waals surface area (Å²) >= 11 is 6.11. The van der Waals surface area contributed by atoms with Crippen molar-refractivity contribution in [3.63, 3.8) is 0 Å². The molecule has 0 aliphatic heterocycles. The highest BCUT2D eigenvalue weighted by molar-refractivity contribution is 6.30. The summed E-state index contributed by atoms with van der Waals surface area (Å²) in [6.45, 7) is 0. The van der Waals surface area contributed by atoms with Gasteiger partial charge in [0.05, 0.1) is 27.3 Å². The Morgan fingerprint density at radius 1 is 0.861 bits per heavy atom. The van der Waals surface area contributed by atoms with Crippen molar-refractivity contribution in [1.29, 1.82) is 0 Å². The molecule has 0 aliphatic rings. The van der Waals surface area contributed by atoms with E-state index in [-0.39, 0.29) is 17.9 Å². The fraction of sp³-hybridized carbons (Fsp3) is 0.111. The number of nitrogen functional groups attached to an aromatic ring is 1. The second-order valence-electron chi connectivity index (χ2n) is 8.40. The molecule has 0 saturated carbocycles. The Balaban J connectivity index is 1.94.